The van der Waals surface area contributed by atoms with Gasteiger partial charge in [-0.2, -0.15) is 5.10 Å². The Labute approximate surface area is 223 Å². The average Bonchev–Trinajstić information content (AvgIpc) is 3.36. The second-order valence-corrected chi connectivity index (χ2v) is 9.17. The molecule has 2 unspecified atom stereocenters. The predicted octanol–water partition coefficient (Wildman–Crippen LogP) is 5.57. The maximum Gasteiger partial charge on any atom is 0.164 e. The molecule has 3 heterocycles. The molecule has 6 rings (SSSR count). The number of benzene rings is 3. The fraction of sp³-hybridized carbons (Fsp3) is 0.133. The number of aromatic nitrogens is 4. The first kappa shape index (κ1) is 24.3. The standard InChI is InChI=1S/C30H24FN5O3/c1-17(36-30-26(29(32)33-16-34-30)27(35-36)21-11-4-5-12-23(21)38-2)28-25(18-8-7-9-19(31)14-18)22(15-37)20-10-3-6-13-24(20)39-28/h3-17,22H,1-2H3,(H2,32,33,34). The number of carbonyl (C=O) groups is 1. The summed E-state index contributed by atoms with van der Waals surface area (Å²) >= 11 is 0. The molecular formula is C30H24FN5O3. The lowest BCUT2D eigenvalue weighted by Crippen LogP contribution is -2.23. The minimum Gasteiger partial charge on any atom is -0.496 e. The summed E-state index contributed by atoms with van der Waals surface area (Å²) < 4.78 is 28.2. The molecule has 5 aromatic rings. The van der Waals surface area contributed by atoms with Crippen LogP contribution in [0.25, 0.3) is 27.9 Å². The Bertz CT molecular complexity index is 1760. The van der Waals surface area contributed by atoms with Crippen molar-refractivity contribution in [1.29, 1.82) is 0 Å². The zero-order valence-corrected chi connectivity index (χ0v) is 21.2. The number of rotatable bonds is 6. The van der Waals surface area contributed by atoms with Crippen LogP contribution in [-0.2, 0) is 4.79 Å². The Morgan fingerprint density at radius 3 is 2.67 bits per heavy atom. The summed E-state index contributed by atoms with van der Waals surface area (Å²) in [7, 11) is 1.59. The Morgan fingerprint density at radius 1 is 1.08 bits per heavy atom. The van der Waals surface area contributed by atoms with Gasteiger partial charge in [0.2, 0.25) is 0 Å². The van der Waals surface area contributed by atoms with E-state index in [9.17, 15) is 9.18 Å². The smallest absolute Gasteiger partial charge is 0.164 e. The number of hydrogen-bond acceptors (Lipinski definition) is 7. The van der Waals surface area contributed by atoms with E-state index in [4.69, 9.17) is 20.3 Å². The molecular weight excluding hydrogens is 497 g/mol. The van der Waals surface area contributed by atoms with Crippen LogP contribution in [-0.4, -0.2) is 33.1 Å². The van der Waals surface area contributed by atoms with Crippen molar-refractivity contribution in [2.24, 2.45) is 0 Å². The lowest BCUT2D eigenvalue weighted by molar-refractivity contribution is -0.108. The topological polar surface area (TPSA) is 105 Å². The molecule has 1 aliphatic heterocycles. The van der Waals surface area contributed by atoms with Crippen LogP contribution in [0.3, 0.4) is 0 Å². The first-order valence-electron chi connectivity index (χ1n) is 12.4. The van der Waals surface area contributed by atoms with E-state index in [1.807, 2.05) is 55.5 Å². The molecule has 39 heavy (non-hydrogen) atoms. The van der Waals surface area contributed by atoms with Gasteiger partial charge in [0.25, 0.3) is 0 Å². The fourth-order valence-electron chi connectivity index (χ4n) is 5.15. The molecule has 0 radical (unpaired) electrons. The van der Waals surface area contributed by atoms with Crippen LogP contribution in [0, 0.1) is 5.82 Å². The summed E-state index contributed by atoms with van der Waals surface area (Å²) in [5.41, 5.74) is 9.89. The van der Waals surface area contributed by atoms with E-state index < -0.39 is 17.8 Å². The monoisotopic (exact) mass is 521 g/mol. The van der Waals surface area contributed by atoms with Crippen LogP contribution in [0.5, 0.6) is 11.5 Å². The second-order valence-electron chi connectivity index (χ2n) is 9.17. The fourth-order valence-corrected chi connectivity index (χ4v) is 5.15. The Morgan fingerprint density at radius 2 is 1.87 bits per heavy atom. The molecule has 0 aliphatic carbocycles. The highest BCUT2D eigenvalue weighted by Crippen LogP contribution is 2.46. The van der Waals surface area contributed by atoms with E-state index in [1.54, 1.807) is 23.9 Å². The quantitative estimate of drug-likeness (QED) is 0.291. The third-order valence-electron chi connectivity index (χ3n) is 6.95. The van der Waals surface area contributed by atoms with E-state index in [2.05, 4.69) is 9.97 Å². The molecule has 9 heteroatoms. The van der Waals surface area contributed by atoms with E-state index in [0.717, 1.165) is 11.8 Å². The molecule has 0 saturated carbocycles. The van der Waals surface area contributed by atoms with Gasteiger partial charge in [-0.3, -0.25) is 0 Å². The first-order valence-corrected chi connectivity index (χ1v) is 12.4. The number of nitrogens with two attached hydrogens (primary N) is 1. The van der Waals surface area contributed by atoms with Gasteiger partial charge >= 0.3 is 0 Å². The molecule has 2 atom stereocenters. The summed E-state index contributed by atoms with van der Waals surface area (Å²) in [6, 6.07) is 20.4. The number of aldehydes is 1. The highest BCUT2D eigenvalue weighted by Gasteiger charge is 2.35. The minimum atomic E-state index is -0.676. The van der Waals surface area contributed by atoms with Gasteiger partial charge in [-0.05, 0) is 42.8 Å². The van der Waals surface area contributed by atoms with Crippen molar-refractivity contribution < 1.29 is 18.7 Å². The van der Waals surface area contributed by atoms with E-state index >= 15 is 0 Å². The molecule has 3 aromatic carbocycles. The van der Waals surface area contributed by atoms with Crippen molar-refractivity contribution in [3.63, 3.8) is 0 Å². The normalized spacial score (nSPS) is 15.5. The minimum absolute atomic E-state index is 0.263. The van der Waals surface area contributed by atoms with E-state index in [1.165, 1.54) is 18.5 Å². The largest absolute Gasteiger partial charge is 0.496 e. The molecule has 0 spiro atoms. The average molecular weight is 522 g/mol. The Hall–Kier alpha value is -5.05. The van der Waals surface area contributed by atoms with E-state index in [0.29, 0.717) is 50.7 Å². The lowest BCUT2D eigenvalue weighted by Gasteiger charge is -2.31. The number of anilines is 1. The van der Waals surface area contributed by atoms with Gasteiger partial charge in [0.15, 0.2) is 5.65 Å². The van der Waals surface area contributed by atoms with Crippen molar-refractivity contribution in [2.75, 3.05) is 12.8 Å². The first-order chi connectivity index (χ1) is 19.0. The van der Waals surface area contributed by atoms with Crippen LogP contribution in [0.1, 0.15) is 30.0 Å². The maximum atomic E-state index is 14.4. The molecule has 8 nitrogen and oxygen atoms in total. The Kier molecular flexibility index (Phi) is 6.03. The summed E-state index contributed by atoms with van der Waals surface area (Å²) in [5, 5.41) is 5.49. The number of methoxy groups -OCH3 is 1. The van der Waals surface area contributed by atoms with Crippen LogP contribution in [0.2, 0.25) is 0 Å². The maximum absolute atomic E-state index is 14.4. The zero-order chi connectivity index (χ0) is 27.1. The third-order valence-corrected chi connectivity index (χ3v) is 6.95. The summed E-state index contributed by atoms with van der Waals surface area (Å²) in [4.78, 5) is 21.3. The lowest BCUT2D eigenvalue weighted by atomic mass is 9.83. The number of para-hydroxylation sites is 2. The Balaban J connectivity index is 1.61. The summed E-state index contributed by atoms with van der Waals surface area (Å²) in [6.45, 7) is 1.89. The van der Waals surface area contributed by atoms with Gasteiger partial charge in [0, 0.05) is 16.7 Å². The SMILES string of the molecule is COc1ccccc1-c1nn(C(C)C2=C(c3cccc(F)c3)C(C=O)c3ccccc3O2)c2ncnc(N)c12. The van der Waals surface area contributed by atoms with Gasteiger partial charge in [-0.1, -0.05) is 42.5 Å². The number of hydrogen-bond donors (Lipinski definition) is 1. The number of carbonyl (C=O) groups excluding carboxylic acids is 1. The van der Waals surface area contributed by atoms with E-state index in [-0.39, 0.29) is 5.82 Å². The van der Waals surface area contributed by atoms with Crippen LogP contribution in [0.4, 0.5) is 10.2 Å². The molecule has 2 N–H and O–H groups in total. The molecule has 0 saturated heterocycles. The zero-order valence-electron chi connectivity index (χ0n) is 21.2. The number of nitrogens with zero attached hydrogens (tertiary/aromatic N) is 4. The number of allylic oxidation sites excluding steroid dienone is 2. The number of halogens is 1. The highest BCUT2D eigenvalue weighted by molar-refractivity contribution is 5.99. The summed E-state index contributed by atoms with van der Waals surface area (Å²) in [5.74, 6) is 0.781. The van der Waals surface area contributed by atoms with Crippen molar-refractivity contribution in [2.45, 2.75) is 18.9 Å². The third kappa shape index (κ3) is 3.99. The van der Waals surface area contributed by atoms with Crippen molar-refractivity contribution >= 4 is 28.7 Å². The van der Waals surface area contributed by atoms with Crippen LogP contribution >= 0.6 is 0 Å². The number of fused-ring (bicyclic) bond motifs is 2. The van der Waals surface area contributed by atoms with Crippen molar-refractivity contribution in [3.05, 3.63) is 102 Å². The van der Waals surface area contributed by atoms with Gasteiger partial charge in [0.1, 0.15) is 53.2 Å². The molecule has 0 amide bonds. The highest BCUT2D eigenvalue weighted by atomic mass is 19.1. The van der Waals surface area contributed by atoms with Crippen LogP contribution in [0.15, 0.2) is 84.9 Å². The molecule has 194 valence electrons. The summed E-state index contributed by atoms with van der Waals surface area (Å²) in [6.07, 6.45) is 2.23. The van der Waals surface area contributed by atoms with Gasteiger partial charge in [-0.25, -0.2) is 19.0 Å². The van der Waals surface area contributed by atoms with Gasteiger partial charge in [-0.15, -0.1) is 0 Å². The molecule has 0 bridgehead atoms. The van der Waals surface area contributed by atoms with Gasteiger partial charge < -0.3 is 20.0 Å². The molecule has 1 aliphatic rings. The molecule has 0 fully saturated rings. The second kappa shape index (κ2) is 9.68. The molecule has 2 aromatic heterocycles. The van der Waals surface area contributed by atoms with Crippen molar-refractivity contribution in [1.82, 2.24) is 19.7 Å². The number of nitrogen functional groups attached to an aromatic ring is 1. The predicted molar refractivity (Wildman–Crippen MR) is 146 cm³/mol. The van der Waals surface area contributed by atoms with Crippen LogP contribution < -0.4 is 15.2 Å². The van der Waals surface area contributed by atoms with Gasteiger partial charge in [0.05, 0.1) is 18.4 Å². The van der Waals surface area contributed by atoms with Crippen molar-refractivity contribution in [3.8, 4) is 22.8 Å². The number of ether oxygens (including phenoxy) is 2.